The molecule has 2 aliphatic heterocycles. The Morgan fingerprint density at radius 3 is 2.53 bits per heavy atom. The maximum Gasteiger partial charge on any atom is 0.274 e. The van der Waals surface area contributed by atoms with Gasteiger partial charge in [-0.2, -0.15) is 0 Å². The van der Waals surface area contributed by atoms with E-state index < -0.39 is 64.5 Å². The minimum absolute atomic E-state index is 0.0246. The topological polar surface area (TPSA) is 101 Å². The van der Waals surface area contributed by atoms with E-state index in [4.69, 9.17) is 4.74 Å². The second kappa shape index (κ2) is 10.3. The van der Waals surface area contributed by atoms with E-state index in [1.165, 1.54) is 10.8 Å². The SMILES string of the molecule is O=C(NCc1c(F)cc(F)cc1F)c1cn2c(c(OCc3ccccc3)c1=O)C(=O)N1CC[C@@H](O)C[C@H]2C1. The molecule has 3 aromatic rings. The highest BCUT2D eigenvalue weighted by Gasteiger charge is 2.38. The largest absolute Gasteiger partial charge is 0.483 e. The smallest absolute Gasteiger partial charge is 0.274 e. The van der Waals surface area contributed by atoms with Gasteiger partial charge in [0, 0.05) is 43.5 Å². The van der Waals surface area contributed by atoms with E-state index in [1.54, 1.807) is 29.2 Å². The van der Waals surface area contributed by atoms with Gasteiger partial charge in [0.2, 0.25) is 5.43 Å². The Bertz CT molecular complexity index is 1440. The molecule has 38 heavy (non-hydrogen) atoms. The summed E-state index contributed by atoms with van der Waals surface area (Å²) in [6.45, 7) is -0.120. The van der Waals surface area contributed by atoms with Crippen LogP contribution in [-0.2, 0) is 13.2 Å². The maximum absolute atomic E-state index is 14.1. The third-order valence-electron chi connectivity index (χ3n) is 6.79. The number of hydrogen-bond acceptors (Lipinski definition) is 5. The summed E-state index contributed by atoms with van der Waals surface area (Å²) in [5, 5.41) is 12.7. The Balaban J connectivity index is 1.54. The molecule has 0 aliphatic carbocycles. The fraction of sp³-hybridized carbons (Fsp3) is 0.296. The number of hydrogen-bond donors (Lipinski definition) is 2. The van der Waals surface area contributed by atoms with Gasteiger partial charge in [-0.05, 0) is 18.4 Å². The van der Waals surface area contributed by atoms with E-state index in [9.17, 15) is 32.7 Å². The number of aliphatic hydroxyl groups is 1. The van der Waals surface area contributed by atoms with Crippen LogP contribution in [0.4, 0.5) is 13.2 Å². The molecular formula is C27H24F3N3O5. The van der Waals surface area contributed by atoms with Crippen molar-refractivity contribution in [3.8, 4) is 5.75 Å². The second-order valence-electron chi connectivity index (χ2n) is 9.35. The Labute approximate surface area is 215 Å². The van der Waals surface area contributed by atoms with Crippen LogP contribution in [-0.4, -0.2) is 45.6 Å². The van der Waals surface area contributed by atoms with Crippen molar-refractivity contribution in [2.45, 2.75) is 38.1 Å². The molecule has 2 amide bonds. The zero-order valence-electron chi connectivity index (χ0n) is 20.1. The minimum atomic E-state index is -1.19. The molecule has 1 fully saturated rings. The van der Waals surface area contributed by atoms with Crippen LogP contribution in [0.25, 0.3) is 0 Å². The molecular weight excluding hydrogens is 503 g/mol. The van der Waals surface area contributed by atoms with Crippen LogP contribution >= 0.6 is 0 Å². The first-order chi connectivity index (χ1) is 18.2. The van der Waals surface area contributed by atoms with Crippen molar-refractivity contribution in [2.24, 2.45) is 0 Å². The number of halogens is 3. The highest BCUT2D eigenvalue weighted by molar-refractivity contribution is 5.99. The molecule has 0 radical (unpaired) electrons. The number of ether oxygens (including phenoxy) is 1. The first kappa shape index (κ1) is 25.5. The summed E-state index contributed by atoms with van der Waals surface area (Å²) in [5.74, 6) is -5.21. The number of nitrogens with one attached hydrogen (secondary N) is 1. The predicted molar refractivity (Wildman–Crippen MR) is 129 cm³/mol. The second-order valence-corrected chi connectivity index (χ2v) is 9.35. The van der Waals surface area contributed by atoms with Crippen molar-refractivity contribution in [3.63, 3.8) is 0 Å². The number of fused-ring (bicyclic) bond motifs is 4. The third kappa shape index (κ3) is 4.89. The molecule has 2 atom stereocenters. The summed E-state index contributed by atoms with van der Waals surface area (Å²) >= 11 is 0. The number of pyridine rings is 1. The molecule has 0 saturated carbocycles. The quantitative estimate of drug-likeness (QED) is 0.514. The zero-order valence-corrected chi connectivity index (χ0v) is 20.1. The molecule has 5 rings (SSSR count). The number of carbonyl (C=O) groups excluding carboxylic acids is 2. The van der Waals surface area contributed by atoms with Crippen molar-refractivity contribution in [1.29, 1.82) is 0 Å². The summed E-state index contributed by atoms with van der Waals surface area (Å²) in [5.41, 5.74) is -1.14. The molecule has 2 aromatic carbocycles. The summed E-state index contributed by atoms with van der Waals surface area (Å²) in [6.07, 6.45) is 1.17. The summed E-state index contributed by atoms with van der Waals surface area (Å²) < 4.78 is 48.7. The Kier molecular flexibility index (Phi) is 6.94. The van der Waals surface area contributed by atoms with Crippen molar-refractivity contribution < 1.29 is 32.6 Å². The molecule has 1 saturated heterocycles. The van der Waals surface area contributed by atoms with Crippen molar-refractivity contribution in [1.82, 2.24) is 14.8 Å². The standard InChI is InChI=1S/C27H24F3N3O5/c28-16-8-21(29)19(22(30)9-16)11-31-26(36)20-13-33-17-10-18(34)6-7-32(12-17)27(37)23(33)25(24(20)35)38-14-15-4-2-1-3-5-15/h1-5,8-9,13,17-18,34H,6-7,10-12,14H2,(H,31,36)/t17-,18+/m0/s1. The normalized spacial score (nSPS) is 18.5. The zero-order chi connectivity index (χ0) is 27.0. The molecule has 2 aliphatic rings. The number of aliphatic hydroxyl groups excluding tert-OH is 1. The van der Waals surface area contributed by atoms with Gasteiger partial charge in [-0.1, -0.05) is 30.3 Å². The van der Waals surface area contributed by atoms with Crippen LogP contribution in [0, 0.1) is 17.5 Å². The van der Waals surface area contributed by atoms with Gasteiger partial charge in [0.1, 0.15) is 29.6 Å². The average Bonchev–Trinajstić information content (AvgIpc) is 3.06. The minimum Gasteiger partial charge on any atom is -0.483 e. The monoisotopic (exact) mass is 527 g/mol. The summed E-state index contributed by atoms with van der Waals surface area (Å²) in [6, 6.07) is 9.47. The van der Waals surface area contributed by atoms with Crippen molar-refractivity contribution in [3.05, 3.63) is 98.7 Å². The third-order valence-corrected chi connectivity index (χ3v) is 6.79. The van der Waals surface area contributed by atoms with E-state index in [0.717, 1.165) is 5.56 Å². The van der Waals surface area contributed by atoms with Crippen LogP contribution in [0.5, 0.6) is 5.75 Å². The lowest BCUT2D eigenvalue weighted by atomic mass is 10.0. The molecule has 3 heterocycles. The Morgan fingerprint density at radius 1 is 1.11 bits per heavy atom. The highest BCUT2D eigenvalue weighted by atomic mass is 19.1. The lowest BCUT2D eigenvalue weighted by Crippen LogP contribution is -2.44. The molecule has 198 valence electrons. The molecule has 8 nitrogen and oxygen atoms in total. The van der Waals surface area contributed by atoms with Gasteiger partial charge in [-0.3, -0.25) is 14.4 Å². The van der Waals surface area contributed by atoms with Crippen LogP contribution in [0.1, 0.15) is 50.9 Å². The van der Waals surface area contributed by atoms with Crippen molar-refractivity contribution in [2.75, 3.05) is 13.1 Å². The first-order valence-electron chi connectivity index (χ1n) is 12.1. The molecule has 0 spiro atoms. The fourth-order valence-corrected chi connectivity index (χ4v) is 4.83. The maximum atomic E-state index is 14.1. The lowest BCUT2D eigenvalue weighted by Gasteiger charge is -2.35. The molecule has 1 aromatic heterocycles. The van der Waals surface area contributed by atoms with E-state index >= 15 is 0 Å². The number of rotatable bonds is 6. The number of amides is 2. The number of benzene rings is 2. The van der Waals surface area contributed by atoms with Crippen molar-refractivity contribution >= 4 is 11.8 Å². The van der Waals surface area contributed by atoms with Gasteiger partial charge >= 0.3 is 0 Å². The predicted octanol–water partition coefficient (Wildman–Crippen LogP) is 2.93. The molecule has 0 unspecified atom stereocenters. The van der Waals surface area contributed by atoms with E-state index in [1.807, 2.05) is 6.07 Å². The summed E-state index contributed by atoms with van der Waals surface area (Å²) in [4.78, 5) is 41.5. The molecule has 2 N–H and O–H groups in total. The van der Waals surface area contributed by atoms with E-state index in [-0.39, 0.29) is 31.0 Å². The van der Waals surface area contributed by atoms with Gasteiger partial charge in [0.15, 0.2) is 11.4 Å². The van der Waals surface area contributed by atoms with Gasteiger partial charge in [-0.25, -0.2) is 13.2 Å². The van der Waals surface area contributed by atoms with E-state index in [0.29, 0.717) is 25.1 Å². The fourth-order valence-electron chi connectivity index (χ4n) is 4.83. The summed E-state index contributed by atoms with van der Waals surface area (Å²) in [7, 11) is 0. The van der Waals surface area contributed by atoms with E-state index in [2.05, 4.69) is 5.32 Å². The lowest BCUT2D eigenvalue weighted by molar-refractivity contribution is 0.0673. The molecule has 2 bridgehead atoms. The number of nitrogens with zero attached hydrogens (tertiary/aromatic N) is 2. The van der Waals surface area contributed by atoms with Crippen LogP contribution in [0.2, 0.25) is 0 Å². The van der Waals surface area contributed by atoms with Crippen LogP contribution in [0.15, 0.2) is 53.5 Å². The van der Waals surface area contributed by atoms with Crippen LogP contribution < -0.4 is 15.5 Å². The average molecular weight is 527 g/mol. The Morgan fingerprint density at radius 2 is 1.82 bits per heavy atom. The van der Waals surface area contributed by atoms with Gasteiger partial charge in [0.05, 0.1) is 12.1 Å². The van der Waals surface area contributed by atoms with Crippen LogP contribution in [0.3, 0.4) is 0 Å². The number of carbonyl (C=O) groups is 2. The van der Waals surface area contributed by atoms with Gasteiger partial charge in [0.25, 0.3) is 11.8 Å². The highest BCUT2D eigenvalue weighted by Crippen LogP contribution is 2.33. The van der Waals surface area contributed by atoms with Gasteiger partial charge < -0.3 is 24.6 Å². The first-order valence-corrected chi connectivity index (χ1v) is 12.1. The number of aromatic nitrogens is 1. The van der Waals surface area contributed by atoms with Gasteiger partial charge in [-0.15, -0.1) is 0 Å². The molecule has 11 heteroatoms. The Hall–Kier alpha value is -4.12.